The molecule has 0 spiro atoms. The van der Waals surface area contributed by atoms with Gasteiger partial charge in [-0.25, -0.2) is 4.79 Å². The van der Waals surface area contributed by atoms with Crippen LogP contribution in [0.15, 0.2) is 97.1 Å². The van der Waals surface area contributed by atoms with Crippen LogP contribution in [0.25, 0.3) is 10.9 Å². The molecule has 1 aromatic heterocycles. The molecule has 5 aromatic rings. The summed E-state index contributed by atoms with van der Waals surface area (Å²) in [7, 11) is 0. The van der Waals surface area contributed by atoms with Gasteiger partial charge in [0.25, 0.3) is 0 Å². The second-order valence-electron chi connectivity index (χ2n) is 10.4. The van der Waals surface area contributed by atoms with E-state index in [1.165, 1.54) is 5.56 Å². The van der Waals surface area contributed by atoms with E-state index in [0.717, 1.165) is 46.1 Å². The highest BCUT2D eigenvalue weighted by molar-refractivity contribution is 6.30. The molecule has 2 N–H and O–H groups in total. The zero-order chi connectivity index (χ0) is 27.5. The Balaban J connectivity index is 1.22. The molecule has 0 aliphatic carbocycles. The Morgan fingerprint density at radius 3 is 2.08 bits per heavy atom. The Hall–Kier alpha value is -3.80. The Morgan fingerprint density at radius 1 is 0.850 bits per heavy atom. The number of likely N-dealkylation sites (tertiary alicyclic amines) is 1. The van der Waals surface area contributed by atoms with Crippen LogP contribution in [0, 0.1) is 0 Å². The molecule has 0 unspecified atom stereocenters. The fourth-order valence-electron chi connectivity index (χ4n) is 5.68. The molecule has 0 bridgehead atoms. The molecule has 7 heteroatoms. The summed E-state index contributed by atoms with van der Waals surface area (Å²) in [6.07, 6.45) is 1.77. The Morgan fingerprint density at radius 2 is 1.45 bits per heavy atom. The number of benzene rings is 4. The van der Waals surface area contributed by atoms with Gasteiger partial charge in [-0.2, -0.15) is 5.10 Å². The molecule has 1 aliphatic rings. The SMILES string of the molecule is O=C(NCc1ccccc1)N1CCC(c2[nH]nc3ccc(C(c4ccc(Cl)cc4)c4ccc(Cl)cc4)cc23)CC1. The molecule has 5 nitrogen and oxygen atoms in total. The third-order valence-electron chi connectivity index (χ3n) is 7.82. The molecule has 0 saturated carbocycles. The topological polar surface area (TPSA) is 61.0 Å². The summed E-state index contributed by atoms with van der Waals surface area (Å²) in [5.74, 6) is 0.333. The van der Waals surface area contributed by atoms with E-state index in [1.54, 1.807) is 0 Å². The molecule has 6 rings (SSSR count). The van der Waals surface area contributed by atoms with Crippen molar-refractivity contribution >= 4 is 40.1 Å². The summed E-state index contributed by atoms with van der Waals surface area (Å²) in [5.41, 5.74) is 6.69. The van der Waals surface area contributed by atoms with Crippen LogP contribution in [-0.4, -0.2) is 34.2 Å². The minimum atomic E-state index is -0.00664. The van der Waals surface area contributed by atoms with Gasteiger partial charge in [-0.1, -0.05) is 83.9 Å². The number of rotatable bonds is 6. The van der Waals surface area contributed by atoms with E-state index < -0.39 is 0 Å². The molecule has 1 fully saturated rings. The predicted octanol–water partition coefficient (Wildman–Crippen LogP) is 8.14. The Labute approximate surface area is 244 Å². The number of aromatic nitrogens is 2. The first kappa shape index (κ1) is 26.4. The van der Waals surface area contributed by atoms with Crippen LogP contribution in [-0.2, 0) is 6.54 Å². The monoisotopic (exact) mass is 568 g/mol. The maximum atomic E-state index is 12.8. The summed E-state index contributed by atoms with van der Waals surface area (Å²) < 4.78 is 0. The third kappa shape index (κ3) is 5.72. The van der Waals surface area contributed by atoms with Crippen LogP contribution in [0.5, 0.6) is 0 Å². The predicted molar refractivity (Wildman–Crippen MR) is 162 cm³/mol. The number of fused-ring (bicyclic) bond motifs is 1. The highest BCUT2D eigenvalue weighted by Gasteiger charge is 2.27. The number of hydrogen-bond donors (Lipinski definition) is 2. The van der Waals surface area contributed by atoms with Crippen molar-refractivity contribution in [3.8, 4) is 0 Å². The van der Waals surface area contributed by atoms with Crippen molar-refractivity contribution in [2.45, 2.75) is 31.2 Å². The van der Waals surface area contributed by atoms with E-state index in [4.69, 9.17) is 23.2 Å². The lowest BCUT2D eigenvalue weighted by molar-refractivity contribution is 0.180. The number of nitrogens with zero attached hydrogens (tertiary/aromatic N) is 2. The largest absolute Gasteiger partial charge is 0.334 e. The van der Waals surface area contributed by atoms with Crippen molar-refractivity contribution in [1.29, 1.82) is 0 Å². The number of urea groups is 1. The molecule has 40 heavy (non-hydrogen) atoms. The van der Waals surface area contributed by atoms with Crippen LogP contribution in [0.4, 0.5) is 4.79 Å². The standard InChI is InChI=1S/C33H30Cl2N4O/c34-27-11-6-23(7-12-27)31(24-8-13-28(35)14-9-24)26-10-15-30-29(20-26)32(38-37-30)25-16-18-39(19-17-25)33(40)36-21-22-4-2-1-3-5-22/h1-15,20,25,31H,16-19,21H2,(H,36,40)(H,37,38). The molecule has 202 valence electrons. The summed E-state index contributed by atoms with van der Waals surface area (Å²) >= 11 is 12.4. The molecule has 2 heterocycles. The lowest BCUT2D eigenvalue weighted by Crippen LogP contribution is -2.43. The molecule has 0 atom stereocenters. The van der Waals surface area contributed by atoms with Crippen molar-refractivity contribution in [3.05, 3.63) is 135 Å². The number of piperidine rings is 1. The van der Waals surface area contributed by atoms with E-state index in [-0.39, 0.29) is 11.9 Å². The van der Waals surface area contributed by atoms with Crippen LogP contribution in [0.2, 0.25) is 10.0 Å². The van der Waals surface area contributed by atoms with E-state index in [2.05, 4.69) is 58.0 Å². The van der Waals surface area contributed by atoms with Crippen molar-refractivity contribution in [1.82, 2.24) is 20.4 Å². The van der Waals surface area contributed by atoms with Crippen molar-refractivity contribution in [2.24, 2.45) is 0 Å². The Kier molecular flexibility index (Phi) is 7.76. The first-order valence-corrected chi connectivity index (χ1v) is 14.4. The van der Waals surface area contributed by atoms with E-state index >= 15 is 0 Å². The number of aromatic amines is 1. The molecule has 1 saturated heterocycles. The first-order valence-electron chi connectivity index (χ1n) is 13.6. The zero-order valence-corrected chi connectivity index (χ0v) is 23.5. The second-order valence-corrected chi connectivity index (χ2v) is 11.2. The van der Waals surface area contributed by atoms with Crippen LogP contribution < -0.4 is 5.32 Å². The highest BCUT2D eigenvalue weighted by atomic mass is 35.5. The normalized spacial score (nSPS) is 14.1. The second kappa shape index (κ2) is 11.7. The van der Waals surface area contributed by atoms with Gasteiger partial charge in [0.05, 0.1) is 5.52 Å². The van der Waals surface area contributed by atoms with Gasteiger partial charge in [0.2, 0.25) is 0 Å². The van der Waals surface area contributed by atoms with Crippen LogP contribution in [0.1, 0.15) is 52.6 Å². The number of carbonyl (C=O) groups excluding carboxylic acids is 1. The molecule has 2 amide bonds. The zero-order valence-electron chi connectivity index (χ0n) is 22.0. The van der Waals surface area contributed by atoms with Gasteiger partial charge in [-0.3, -0.25) is 5.10 Å². The van der Waals surface area contributed by atoms with E-state index in [1.807, 2.05) is 59.5 Å². The van der Waals surface area contributed by atoms with Gasteiger partial charge in [0, 0.05) is 52.6 Å². The number of hydrogen-bond acceptors (Lipinski definition) is 2. The number of halogens is 2. The minimum absolute atomic E-state index is 0.00664. The average molecular weight is 570 g/mol. The van der Waals surface area contributed by atoms with E-state index in [0.29, 0.717) is 35.6 Å². The summed E-state index contributed by atoms with van der Waals surface area (Å²) in [4.78, 5) is 14.7. The van der Waals surface area contributed by atoms with E-state index in [9.17, 15) is 4.79 Å². The number of carbonyl (C=O) groups is 1. The van der Waals surface area contributed by atoms with Gasteiger partial charge >= 0.3 is 6.03 Å². The summed E-state index contributed by atoms with van der Waals surface area (Å²) in [5, 5.41) is 13.6. The smallest absolute Gasteiger partial charge is 0.317 e. The molecule has 1 aliphatic heterocycles. The van der Waals surface area contributed by atoms with Gasteiger partial charge in [0.15, 0.2) is 0 Å². The van der Waals surface area contributed by atoms with Crippen molar-refractivity contribution in [3.63, 3.8) is 0 Å². The maximum Gasteiger partial charge on any atom is 0.317 e. The average Bonchev–Trinajstić information content (AvgIpc) is 3.42. The van der Waals surface area contributed by atoms with Gasteiger partial charge in [-0.15, -0.1) is 0 Å². The third-order valence-corrected chi connectivity index (χ3v) is 8.33. The quantitative estimate of drug-likeness (QED) is 0.203. The molecular formula is C33H30Cl2N4O. The van der Waals surface area contributed by atoms with Gasteiger partial charge in [0.1, 0.15) is 0 Å². The fraction of sp³-hybridized carbons (Fsp3) is 0.212. The number of amides is 2. The lowest BCUT2D eigenvalue weighted by Gasteiger charge is -2.31. The molecule has 4 aromatic carbocycles. The molecule has 0 radical (unpaired) electrons. The minimum Gasteiger partial charge on any atom is -0.334 e. The first-order chi connectivity index (χ1) is 19.5. The van der Waals surface area contributed by atoms with Crippen molar-refractivity contribution < 1.29 is 4.79 Å². The van der Waals surface area contributed by atoms with Gasteiger partial charge < -0.3 is 10.2 Å². The van der Waals surface area contributed by atoms with Crippen LogP contribution in [0.3, 0.4) is 0 Å². The maximum absolute atomic E-state index is 12.8. The summed E-state index contributed by atoms with van der Waals surface area (Å²) in [6.45, 7) is 1.96. The Bertz CT molecular complexity index is 1550. The lowest BCUT2D eigenvalue weighted by atomic mass is 9.84. The highest BCUT2D eigenvalue weighted by Crippen LogP contribution is 2.37. The molecular weight excluding hydrogens is 539 g/mol. The van der Waals surface area contributed by atoms with Crippen molar-refractivity contribution in [2.75, 3.05) is 13.1 Å². The number of nitrogens with one attached hydrogen (secondary N) is 2. The van der Waals surface area contributed by atoms with Crippen LogP contribution >= 0.6 is 23.2 Å². The summed E-state index contributed by atoms with van der Waals surface area (Å²) in [6, 6.07) is 32.6. The van der Waals surface area contributed by atoms with Gasteiger partial charge in [-0.05, 0) is 71.5 Å². The number of H-pyrrole nitrogens is 1. The fourth-order valence-corrected chi connectivity index (χ4v) is 5.93.